The molecule has 1 aliphatic carbocycles. The molecule has 2 rings (SSSR count). The van der Waals surface area contributed by atoms with Crippen LogP contribution in [0.5, 0.6) is 0 Å². The number of hydrogen-bond donors (Lipinski definition) is 1. The maximum Gasteiger partial charge on any atom is 0.0294 e. The second kappa shape index (κ2) is 5.13. The molecule has 0 bridgehead atoms. The van der Waals surface area contributed by atoms with Crippen LogP contribution < -0.4 is 5.32 Å². The van der Waals surface area contributed by atoms with Crippen molar-refractivity contribution < 1.29 is 0 Å². The van der Waals surface area contributed by atoms with Gasteiger partial charge < -0.3 is 5.32 Å². The van der Waals surface area contributed by atoms with Crippen LogP contribution in [0.4, 0.5) is 0 Å². The first-order valence-electron chi connectivity index (χ1n) is 5.82. The van der Waals surface area contributed by atoms with Gasteiger partial charge in [-0.3, -0.25) is 0 Å². The minimum Gasteiger partial charge on any atom is -0.307 e. The van der Waals surface area contributed by atoms with Gasteiger partial charge in [-0.25, -0.2) is 0 Å². The molecule has 1 aromatic carbocycles. The maximum absolute atomic E-state index is 3.68. The molecule has 80 valence electrons. The highest BCUT2D eigenvalue weighted by Crippen LogP contribution is 2.17. The molecule has 0 saturated carbocycles. The molecule has 1 heteroatoms. The van der Waals surface area contributed by atoms with E-state index in [-0.39, 0.29) is 0 Å². The van der Waals surface area contributed by atoms with Gasteiger partial charge in [0.05, 0.1) is 0 Å². The number of allylic oxidation sites excluding steroid dienone is 1. The molecule has 0 aliphatic heterocycles. The molecule has 2 atom stereocenters. The first kappa shape index (κ1) is 10.4. The third kappa shape index (κ3) is 2.93. The molecule has 15 heavy (non-hydrogen) atoms. The summed E-state index contributed by atoms with van der Waals surface area (Å²) in [4.78, 5) is 0. The van der Waals surface area contributed by atoms with E-state index in [1.807, 2.05) is 0 Å². The molecule has 1 aliphatic rings. The van der Waals surface area contributed by atoms with E-state index < -0.39 is 0 Å². The molecule has 0 heterocycles. The second-order valence-corrected chi connectivity index (χ2v) is 4.28. The smallest absolute Gasteiger partial charge is 0.0294 e. The summed E-state index contributed by atoms with van der Waals surface area (Å²) in [6, 6.07) is 11.8. The summed E-state index contributed by atoms with van der Waals surface area (Å²) in [7, 11) is 0. The molecule has 0 fully saturated rings. The summed E-state index contributed by atoms with van der Waals surface area (Å²) < 4.78 is 0. The predicted molar refractivity (Wildman–Crippen MR) is 64.8 cm³/mol. The van der Waals surface area contributed by atoms with Crippen molar-refractivity contribution in [1.82, 2.24) is 5.32 Å². The highest BCUT2D eigenvalue weighted by atomic mass is 14.9. The number of hydrogen-bond acceptors (Lipinski definition) is 1. The Hall–Kier alpha value is -1.08. The lowest BCUT2D eigenvalue weighted by atomic mass is 9.99. The average Bonchev–Trinajstić information content (AvgIpc) is 2.31. The minimum absolute atomic E-state index is 0.461. The monoisotopic (exact) mass is 201 g/mol. The number of nitrogens with one attached hydrogen (secondary N) is 1. The molecular weight excluding hydrogens is 182 g/mol. The predicted octanol–water partition coefficient (Wildman–Crippen LogP) is 3.45. The topological polar surface area (TPSA) is 12.0 Å². The maximum atomic E-state index is 3.68. The van der Waals surface area contributed by atoms with Crippen molar-refractivity contribution in [3.63, 3.8) is 0 Å². The van der Waals surface area contributed by atoms with Crippen molar-refractivity contribution in [2.45, 2.75) is 38.3 Å². The van der Waals surface area contributed by atoms with E-state index in [0.29, 0.717) is 12.1 Å². The first-order valence-corrected chi connectivity index (χ1v) is 5.82. The lowest BCUT2D eigenvalue weighted by Crippen LogP contribution is -2.32. The second-order valence-electron chi connectivity index (χ2n) is 4.28. The average molecular weight is 201 g/mol. The van der Waals surface area contributed by atoms with Crippen LogP contribution in [0.3, 0.4) is 0 Å². The van der Waals surface area contributed by atoms with Gasteiger partial charge in [0.1, 0.15) is 0 Å². The van der Waals surface area contributed by atoms with E-state index in [9.17, 15) is 0 Å². The van der Waals surface area contributed by atoms with Gasteiger partial charge in [-0.05, 0) is 31.7 Å². The summed E-state index contributed by atoms with van der Waals surface area (Å²) >= 11 is 0. The quantitative estimate of drug-likeness (QED) is 0.739. The Labute approximate surface area is 92.2 Å². The Kier molecular flexibility index (Phi) is 3.57. The van der Waals surface area contributed by atoms with E-state index in [2.05, 4.69) is 54.7 Å². The third-order valence-corrected chi connectivity index (χ3v) is 3.05. The molecule has 1 aromatic rings. The highest BCUT2D eigenvalue weighted by Gasteiger charge is 2.13. The van der Waals surface area contributed by atoms with E-state index in [1.54, 1.807) is 0 Å². The van der Waals surface area contributed by atoms with Crippen LogP contribution in [0.25, 0.3) is 0 Å². The molecule has 0 spiro atoms. The highest BCUT2D eigenvalue weighted by molar-refractivity contribution is 5.18. The van der Waals surface area contributed by atoms with E-state index >= 15 is 0 Å². The van der Waals surface area contributed by atoms with Crippen LogP contribution >= 0.6 is 0 Å². The molecule has 0 saturated heterocycles. The van der Waals surface area contributed by atoms with Crippen LogP contribution in [0.15, 0.2) is 42.5 Å². The van der Waals surface area contributed by atoms with E-state index in [0.717, 1.165) is 0 Å². The lowest BCUT2D eigenvalue weighted by molar-refractivity contribution is 0.426. The molecule has 0 amide bonds. The van der Waals surface area contributed by atoms with Gasteiger partial charge >= 0.3 is 0 Å². The molecular formula is C14H19N. The Morgan fingerprint density at radius 2 is 2.00 bits per heavy atom. The zero-order valence-electron chi connectivity index (χ0n) is 9.32. The van der Waals surface area contributed by atoms with Gasteiger partial charge in [0.15, 0.2) is 0 Å². The Morgan fingerprint density at radius 3 is 2.67 bits per heavy atom. The molecule has 1 N–H and O–H groups in total. The Balaban J connectivity index is 1.92. The van der Waals surface area contributed by atoms with Crippen LogP contribution in [0.1, 0.15) is 37.8 Å². The van der Waals surface area contributed by atoms with Gasteiger partial charge in [0.2, 0.25) is 0 Å². The van der Waals surface area contributed by atoms with Crippen molar-refractivity contribution in [3.8, 4) is 0 Å². The molecule has 1 nitrogen and oxygen atoms in total. The van der Waals surface area contributed by atoms with E-state index in [4.69, 9.17) is 0 Å². The van der Waals surface area contributed by atoms with Crippen molar-refractivity contribution in [2.24, 2.45) is 0 Å². The summed E-state index contributed by atoms with van der Waals surface area (Å²) in [6.07, 6.45) is 8.24. The van der Waals surface area contributed by atoms with Crippen LogP contribution in [0.2, 0.25) is 0 Å². The fourth-order valence-electron chi connectivity index (χ4n) is 2.14. The summed E-state index contributed by atoms with van der Waals surface area (Å²) in [5.74, 6) is 0. The zero-order chi connectivity index (χ0) is 10.5. The fourth-order valence-corrected chi connectivity index (χ4v) is 2.14. The fraction of sp³-hybridized carbons (Fsp3) is 0.429. The first-order chi connectivity index (χ1) is 7.36. The molecule has 0 radical (unpaired) electrons. The van der Waals surface area contributed by atoms with Crippen molar-refractivity contribution >= 4 is 0 Å². The molecule has 0 aromatic heterocycles. The van der Waals surface area contributed by atoms with Crippen molar-refractivity contribution in [3.05, 3.63) is 48.0 Å². The number of rotatable bonds is 3. The zero-order valence-corrected chi connectivity index (χ0v) is 9.32. The lowest BCUT2D eigenvalue weighted by Gasteiger charge is -2.24. The summed E-state index contributed by atoms with van der Waals surface area (Å²) in [6.45, 7) is 2.24. The largest absolute Gasteiger partial charge is 0.307 e. The SMILES string of the molecule is C[C@@H](NC1CC=CCC1)c1ccccc1. The van der Waals surface area contributed by atoms with Gasteiger partial charge in [-0.2, -0.15) is 0 Å². The molecule has 1 unspecified atom stereocenters. The standard InChI is InChI=1S/C14H19N/c1-12(13-8-4-2-5-9-13)15-14-10-6-3-7-11-14/h2-6,8-9,12,14-15H,7,10-11H2,1H3/t12-,14?/m1/s1. The van der Waals surface area contributed by atoms with E-state index in [1.165, 1.54) is 24.8 Å². The van der Waals surface area contributed by atoms with Crippen LogP contribution in [-0.4, -0.2) is 6.04 Å². The number of benzene rings is 1. The Bertz CT molecular complexity index is 315. The summed E-state index contributed by atoms with van der Waals surface area (Å²) in [5.41, 5.74) is 1.38. The van der Waals surface area contributed by atoms with Crippen molar-refractivity contribution in [1.29, 1.82) is 0 Å². The summed E-state index contributed by atoms with van der Waals surface area (Å²) in [5, 5.41) is 3.68. The van der Waals surface area contributed by atoms with Crippen LogP contribution in [-0.2, 0) is 0 Å². The van der Waals surface area contributed by atoms with Gasteiger partial charge in [-0.15, -0.1) is 0 Å². The van der Waals surface area contributed by atoms with Gasteiger partial charge in [0, 0.05) is 12.1 Å². The normalized spacial score (nSPS) is 22.6. The van der Waals surface area contributed by atoms with Crippen LogP contribution in [0, 0.1) is 0 Å². The van der Waals surface area contributed by atoms with Gasteiger partial charge in [-0.1, -0.05) is 42.5 Å². The van der Waals surface area contributed by atoms with Crippen molar-refractivity contribution in [2.75, 3.05) is 0 Å². The third-order valence-electron chi connectivity index (χ3n) is 3.05. The minimum atomic E-state index is 0.461. The van der Waals surface area contributed by atoms with Gasteiger partial charge in [0.25, 0.3) is 0 Å². The Morgan fingerprint density at radius 1 is 1.20 bits per heavy atom.